The first-order valence-corrected chi connectivity index (χ1v) is 8.40. The minimum Gasteiger partial charge on any atom is -0.482 e. The molecule has 1 aliphatic rings. The molecule has 0 fully saturated rings. The van der Waals surface area contributed by atoms with Gasteiger partial charge in [0.15, 0.2) is 12.4 Å². The Balaban J connectivity index is 1.78. The molecule has 0 atom stereocenters. The van der Waals surface area contributed by atoms with Crippen molar-refractivity contribution in [1.29, 1.82) is 0 Å². The maximum absolute atomic E-state index is 12.6. The van der Waals surface area contributed by atoms with Crippen LogP contribution in [0.3, 0.4) is 0 Å². The number of Topliss-reactive ketones (excluding diaryl/α,β-unsaturated/α-hetero) is 1. The van der Waals surface area contributed by atoms with Crippen molar-refractivity contribution in [2.45, 2.75) is 26.9 Å². The van der Waals surface area contributed by atoms with Gasteiger partial charge in [-0.25, -0.2) is 4.79 Å². The number of hydrogen-bond acceptors (Lipinski definition) is 5. The normalized spacial score (nSPS) is 14.3. The molecule has 0 radical (unpaired) electrons. The van der Waals surface area contributed by atoms with E-state index in [0.717, 1.165) is 11.1 Å². The van der Waals surface area contributed by atoms with E-state index in [1.165, 1.54) is 0 Å². The second kappa shape index (κ2) is 7.44. The third-order valence-electron chi connectivity index (χ3n) is 3.76. The fourth-order valence-electron chi connectivity index (χ4n) is 2.70. The summed E-state index contributed by atoms with van der Waals surface area (Å²) in [5.74, 6) is 0.553. The zero-order valence-corrected chi connectivity index (χ0v) is 14.9. The predicted octanol–water partition coefficient (Wildman–Crippen LogP) is 3.94. The molecule has 0 saturated heterocycles. The van der Waals surface area contributed by atoms with E-state index >= 15 is 0 Å². The highest BCUT2D eigenvalue weighted by molar-refractivity contribution is 6.15. The molecule has 0 aromatic heterocycles. The lowest BCUT2D eigenvalue weighted by molar-refractivity contribution is -0.149. The van der Waals surface area contributed by atoms with Crippen molar-refractivity contribution in [2.75, 3.05) is 6.61 Å². The molecule has 1 aliphatic heterocycles. The van der Waals surface area contributed by atoms with Gasteiger partial charge in [0.05, 0.1) is 11.7 Å². The van der Waals surface area contributed by atoms with Crippen molar-refractivity contribution < 1.29 is 23.8 Å². The maximum Gasteiger partial charge on any atom is 0.344 e. The Morgan fingerprint density at radius 2 is 1.92 bits per heavy atom. The molecule has 134 valence electrons. The number of allylic oxidation sites excluding steroid dienone is 1. The lowest BCUT2D eigenvalue weighted by atomic mass is 10.0. The number of aryl methyl sites for hydroxylation is 1. The number of ether oxygens (including phenoxy) is 3. The number of carbonyl (C=O) groups is 2. The lowest BCUT2D eigenvalue weighted by Crippen LogP contribution is -2.18. The van der Waals surface area contributed by atoms with Crippen LogP contribution in [0.15, 0.2) is 48.2 Å². The molecule has 5 nitrogen and oxygen atoms in total. The van der Waals surface area contributed by atoms with Crippen LogP contribution in [-0.4, -0.2) is 24.5 Å². The number of ketones is 1. The van der Waals surface area contributed by atoms with E-state index in [2.05, 4.69) is 0 Å². The SMILES string of the molecule is Cc1cc(OCC(=O)OC(C)C)cc2c1C(=O)/C(=C/c1ccccc1)O2. The molecule has 1 heterocycles. The highest BCUT2D eigenvalue weighted by Crippen LogP contribution is 2.37. The predicted molar refractivity (Wildman–Crippen MR) is 97.3 cm³/mol. The molecule has 0 spiro atoms. The van der Waals surface area contributed by atoms with Gasteiger partial charge >= 0.3 is 5.97 Å². The zero-order valence-electron chi connectivity index (χ0n) is 14.9. The van der Waals surface area contributed by atoms with Crippen LogP contribution in [0.25, 0.3) is 6.08 Å². The molecule has 26 heavy (non-hydrogen) atoms. The molecule has 0 aliphatic carbocycles. The van der Waals surface area contributed by atoms with E-state index < -0.39 is 5.97 Å². The smallest absolute Gasteiger partial charge is 0.344 e. The van der Waals surface area contributed by atoms with E-state index in [0.29, 0.717) is 17.1 Å². The van der Waals surface area contributed by atoms with Crippen molar-refractivity contribution >= 4 is 17.8 Å². The summed E-state index contributed by atoms with van der Waals surface area (Å²) in [5.41, 5.74) is 2.13. The van der Waals surface area contributed by atoms with Gasteiger partial charge in [-0.15, -0.1) is 0 Å². The number of carbonyl (C=O) groups excluding carboxylic acids is 2. The molecular formula is C21H20O5. The largest absolute Gasteiger partial charge is 0.482 e. The van der Waals surface area contributed by atoms with Crippen molar-refractivity contribution in [2.24, 2.45) is 0 Å². The topological polar surface area (TPSA) is 61.8 Å². The van der Waals surface area contributed by atoms with Gasteiger partial charge < -0.3 is 14.2 Å². The Labute approximate surface area is 152 Å². The molecular weight excluding hydrogens is 332 g/mol. The van der Waals surface area contributed by atoms with Crippen LogP contribution >= 0.6 is 0 Å². The standard InChI is InChI=1S/C21H20O5/c1-13(2)25-19(22)12-24-16-9-14(3)20-17(11-16)26-18(21(20)23)10-15-7-5-4-6-8-15/h4-11,13H,12H2,1-3H3/b18-10-. The van der Waals surface area contributed by atoms with Crippen LogP contribution in [-0.2, 0) is 9.53 Å². The summed E-state index contributed by atoms with van der Waals surface area (Å²) in [6.45, 7) is 5.16. The van der Waals surface area contributed by atoms with E-state index in [4.69, 9.17) is 14.2 Å². The van der Waals surface area contributed by atoms with Crippen LogP contribution in [0.4, 0.5) is 0 Å². The first-order chi connectivity index (χ1) is 12.4. The highest BCUT2D eigenvalue weighted by Gasteiger charge is 2.30. The fourth-order valence-corrected chi connectivity index (χ4v) is 2.70. The van der Waals surface area contributed by atoms with Gasteiger partial charge in [-0.1, -0.05) is 30.3 Å². The summed E-state index contributed by atoms with van der Waals surface area (Å²) < 4.78 is 16.2. The summed E-state index contributed by atoms with van der Waals surface area (Å²) in [6, 6.07) is 12.8. The number of benzene rings is 2. The van der Waals surface area contributed by atoms with Crippen molar-refractivity contribution in [3.8, 4) is 11.5 Å². The minimum atomic E-state index is -0.445. The van der Waals surface area contributed by atoms with Crippen molar-refractivity contribution in [3.05, 3.63) is 64.9 Å². The molecule has 0 saturated carbocycles. The molecule has 0 N–H and O–H groups in total. The number of hydrogen-bond donors (Lipinski definition) is 0. The average Bonchev–Trinajstić information content (AvgIpc) is 2.89. The van der Waals surface area contributed by atoms with Gasteiger partial charge in [0.1, 0.15) is 11.5 Å². The maximum atomic E-state index is 12.6. The van der Waals surface area contributed by atoms with E-state index in [9.17, 15) is 9.59 Å². The summed E-state index contributed by atoms with van der Waals surface area (Å²) in [5, 5.41) is 0. The van der Waals surface area contributed by atoms with E-state index in [1.54, 1.807) is 32.1 Å². The monoisotopic (exact) mass is 352 g/mol. The molecule has 2 aromatic rings. The second-order valence-corrected chi connectivity index (χ2v) is 6.29. The summed E-state index contributed by atoms with van der Waals surface area (Å²) in [6.07, 6.45) is 1.52. The van der Waals surface area contributed by atoms with Gasteiger partial charge in [0.25, 0.3) is 0 Å². The molecule has 0 unspecified atom stereocenters. The Morgan fingerprint density at radius 3 is 2.62 bits per heavy atom. The van der Waals surface area contributed by atoms with Crippen LogP contribution < -0.4 is 9.47 Å². The third-order valence-corrected chi connectivity index (χ3v) is 3.76. The zero-order chi connectivity index (χ0) is 18.7. The van der Waals surface area contributed by atoms with Crippen LogP contribution in [0.5, 0.6) is 11.5 Å². The number of fused-ring (bicyclic) bond motifs is 1. The summed E-state index contributed by atoms with van der Waals surface area (Å²) in [4.78, 5) is 24.2. The fraction of sp³-hybridized carbons (Fsp3) is 0.238. The first-order valence-electron chi connectivity index (χ1n) is 8.40. The summed E-state index contributed by atoms with van der Waals surface area (Å²) >= 11 is 0. The van der Waals surface area contributed by atoms with Gasteiger partial charge in [-0.2, -0.15) is 0 Å². The highest BCUT2D eigenvalue weighted by atomic mass is 16.6. The van der Waals surface area contributed by atoms with Crippen molar-refractivity contribution in [1.82, 2.24) is 0 Å². The van der Waals surface area contributed by atoms with Crippen LogP contribution in [0, 0.1) is 6.92 Å². The Bertz CT molecular complexity index is 865. The average molecular weight is 352 g/mol. The summed E-state index contributed by atoms with van der Waals surface area (Å²) in [7, 11) is 0. The molecule has 5 heteroatoms. The van der Waals surface area contributed by atoms with Gasteiger partial charge in [-0.3, -0.25) is 4.79 Å². The number of rotatable bonds is 5. The Hall–Kier alpha value is -3.08. The molecule has 0 bridgehead atoms. The first kappa shape index (κ1) is 17.7. The van der Waals surface area contributed by atoms with E-state index in [1.807, 2.05) is 37.3 Å². The van der Waals surface area contributed by atoms with Gasteiger partial charge in [0, 0.05) is 6.07 Å². The Kier molecular flexibility index (Phi) is 5.07. The molecule has 2 aromatic carbocycles. The van der Waals surface area contributed by atoms with Crippen molar-refractivity contribution in [3.63, 3.8) is 0 Å². The molecule has 3 rings (SSSR count). The lowest BCUT2D eigenvalue weighted by Gasteiger charge is -2.10. The van der Waals surface area contributed by atoms with Crippen LogP contribution in [0.1, 0.15) is 35.3 Å². The quantitative estimate of drug-likeness (QED) is 0.602. The van der Waals surface area contributed by atoms with Crippen LogP contribution in [0.2, 0.25) is 0 Å². The second-order valence-electron chi connectivity index (χ2n) is 6.29. The third kappa shape index (κ3) is 3.94. The number of esters is 1. The Morgan fingerprint density at radius 1 is 1.19 bits per heavy atom. The van der Waals surface area contributed by atoms with Gasteiger partial charge in [0.2, 0.25) is 5.78 Å². The molecule has 0 amide bonds. The van der Waals surface area contributed by atoms with Gasteiger partial charge in [-0.05, 0) is 44.0 Å². The minimum absolute atomic E-state index is 0.160. The van der Waals surface area contributed by atoms with E-state index in [-0.39, 0.29) is 24.3 Å².